The molecular weight excluding hydrogens is 274 g/mol. The number of carbonyl (C=O) groups is 1. The smallest absolute Gasteiger partial charge is 0.251 e. The van der Waals surface area contributed by atoms with Gasteiger partial charge in [-0.2, -0.15) is 0 Å². The molecule has 1 aromatic carbocycles. The molecule has 4 nitrogen and oxygen atoms in total. The highest BCUT2D eigenvalue weighted by atomic mass is 16.1. The topological polar surface area (TPSA) is 37.3 Å². The maximum atomic E-state index is 12.4. The zero-order valence-electron chi connectivity index (χ0n) is 13.2. The Hall–Kier alpha value is -2.07. The molecule has 1 saturated heterocycles. The van der Waals surface area contributed by atoms with Crippen LogP contribution in [0.15, 0.2) is 42.7 Å². The lowest BCUT2D eigenvalue weighted by atomic mass is 10.1. The summed E-state index contributed by atoms with van der Waals surface area (Å²) in [5, 5.41) is 3.08. The molecule has 22 heavy (non-hydrogen) atoms. The maximum absolute atomic E-state index is 12.4. The van der Waals surface area contributed by atoms with Crippen molar-refractivity contribution < 1.29 is 4.79 Å². The quantitative estimate of drug-likeness (QED) is 0.941. The van der Waals surface area contributed by atoms with Crippen molar-refractivity contribution in [2.45, 2.75) is 13.3 Å². The first-order chi connectivity index (χ1) is 10.6. The fourth-order valence-corrected chi connectivity index (χ4v) is 3.06. The van der Waals surface area contributed by atoms with Gasteiger partial charge < -0.3 is 14.8 Å². The number of hydrogen-bond donors (Lipinski definition) is 1. The van der Waals surface area contributed by atoms with Crippen molar-refractivity contribution in [3.05, 3.63) is 53.9 Å². The largest absolute Gasteiger partial charge is 0.352 e. The van der Waals surface area contributed by atoms with Crippen molar-refractivity contribution in [1.82, 2.24) is 14.8 Å². The van der Waals surface area contributed by atoms with Crippen LogP contribution in [0.2, 0.25) is 0 Å². The molecule has 3 rings (SSSR count). The van der Waals surface area contributed by atoms with Gasteiger partial charge in [-0.15, -0.1) is 0 Å². The summed E-state index contributed by atoms with van der Waals surface area (Å²) in [6, 6.07) is 9.85. The predicted molar refractivity (Wildman–Crippen MR) is 88.4 cm³/mol. The molecule has 1 aliphatic rings. The Bertz CT molecular complexity index is 648. The molecule has 0 aliphatic carbocycles. The van der Waals surface area contributed by atoms with Crippen LogP contribution >= 0.6 is 0 Å². The second-order valence-electron chi connectivity index (χ2n) is 6.22. The van der Waals surface area contributed by atoms with Gasteiger partial charge in [0.15, 0.2) is 0 Å². The molecule has 2 heterocycles. The first kappa shape index (κ1) is 14.9. The Labute approximate surface area is 131 Å². The normalized spacial score (nSPS) is 18.5. The van der Waals surface area contributed by atoms with Crippen LogP contribution in [-0.2, 0) is 0 Å². The minimum atomic E-state index is 0.0166. The van der Waals surface area contributed by atoms with Gasteiger partial charge in [-0.05, 0) is 62.7 Å². The van der Waals surface area contributed by atoms with Crippen LogP contribution in [0.3, 0.4) is 0 Å². The Morgan fingerprint density at radius 1 is 1.32 bits per heavy atom. The molecular formula is C18H23N3O. The Balaban J connectivity index is 1.69. The molecule has 1 fully saturated rings. The highest BCUT2D eigenvalue weighted by Gasteiger charge is 2.20. The van der Waals surface area contributed by atoms with E-state index in [0.29, 0.717) is 5.92 Å². The number of aromatic nitrogens is 1. The van der Waals surface area contributed by atoms with Gasteiger partial charge in [0.1, 0.15) is 0 Å². The van der Waals surface area contributed by atoms with E-state index in [1.165, 1.54) is 6.42 Å². The zero-order chi connectivity index (χ0) is 15.5. The van der Waals surface area contributed by atoms with E-state index in [2.05, 4.69) is 24.2 Å². The van der Waals surface area contributed by atoms with Gasteiger partial charge in [0.2, 0.25) is 0 Å². The highest BCUT2D eigenvalue weighted by Crippen LogP contribution is 2.17. The van der Waals surface area contributed by atoms with Gasteiger partial charge in [0.05, 0.1) is 0 Å². The van der Waals surface area contributed by atoms with Crippen LogP contribution in [0.5, 0.6) is 0 Å². The molecule has 1 amide bonds. The monoisotopic (exact) mass is 297 g/mol. The first-order valence-electron chi connectivity index (χ1n) is 7.84. The Morgan fingerprint density at radius 2 is 2.09 bits per heavy atom. The number of rotatable bonds is 4. The molecule has 2 aromatic rings. The summed E-state index contributed by atoms with van der Waals surface area (Å²) in [6.07, 6.45) is 5.16. The molecule has 0 saturated carbocycles. The fraction of sp³-hybridized carbons (Fsp3) is 0.389. The SMILES string of the molecule is Cc1ccc(C(=O)NC[C@H]2CCN(C)C2)cc1-n1cccc1. The minimum Gasteiger partial charge on any atom is -0.352 e. The highest BCUT2D eigenvalue weighted by molar-refractivity contribution is 5.94. The van der Waals surface area contributed by atoms with Crippen LogP contribution in [-0.4, -0.2) is 42.1 Å². The maximum Gasteiger partial charge on any atom is 0.251 e. The van der Waals surface area contributed by atoms with E-state index in [1.807, 2.05) is 47.3 Å². The van der Waals surface area contributed by atoms with Gasteiger partial charge in [0, 0.05) is 36.7 Å². The molecule has 116 valence electrons. The van der Waals surface area contributed by atoms with E-state index < -0.39 is 0 Å². The van der Waals surface area contributed by atoms with Crippen LogP contribution in [0, 0.1) is 12.8 Å². The van der Waals surface area contributed by atoms with E-state index in [4.69, 9.17) is 0 Å². The van der Waals surface area contributed by atoms with Crippen molar-refractivity contribution in [2.75, 3.05) is 26.7 Å². The molecule has 0 bridgehead atoms. The first-order valence-corrected chi connectivity index (χ1v) is 7.84. The summed E-state index contributed by atoms with van der Waals surface area (Å²) >= 11 is 0. The Morgan fingerprint density at radius 3 is 2.77 bits per heavy atom. The van der Waals surface area contributed by atoms with Crippen molar-refractivity contribution in [2.24, 2.45) is 5.92 Å². The van der Waals surface area contributed by atoms with E-state index in [1.54, 1.807) is 0 Å². The van der Waals surface area contributed by atoms with E-state index in [-0.39, 0.29) is 5.91 Å². The predicted octanol–water partition coefficient (Wildman–Crippen LogP) is 2.47. The average Bonchev–Trinajstić information content (AvgIpc) is 3.17. The summed E-state index contributed by atoms with van der Waals surface area (Å²) in [5.41, 5.74) is 2.93. The molecule has 0 spiro atoms. The van der Waals surface area contributed by atoms with E-state index >= 15 is 0 Å². The van der Waals surface area contributed by atoms with Crippen LogP contribution in [0.25, 0.3) is 5.69 Å². The zero-order valence-corrected chi connectivity index (χ0v) is 13.2. The number of likely N-dealkylation sites (tertiary alicyclic amines) is 1. The molecule has 4 heteroatoms. The number of hydrogen-bond acceptors (Lipinski definition) is 2. The molecule has 0 unspecified atom stereocenters. The second-order valence-corrected chi connectivity index (χ2v) is 6.22. The standard InChI is InChI=1S/C18H23N3O/c1-14-5-6-16(11-17(14)21-8-3-4-9-21)18(22)19-12-15-7-10-20(2)13-15/h3-6,8-9,11,15H,7,10,12-13H2,1-2H3,(H,19,22)/t15-/m1/s1. The molecule has 1 aromatic heterocycles. The van der Waals surface area contributed by atoms with Gasteiger partial charge in [-0.25, -0.2) is 0 Å². The number of carbonyl (C=O) groups excluding carboxylic acids is 1. The van der Waals surface area contributed by atoms with Crippen molar-refractivity contribution in [3.63, 3.8) is 0 Å². The summed E-state index contributed by atoms with van der Waals surface area (Å²) in [6.45, 7) is 5.02. The van der Waals surface area contributed by atoms with E-state index in [9.17, 15) is 4.79 Å². The lowest BCUT2D eigenvalue weighted by Crippen LogP contribution is -2.30. The van der Waals surface area contributed by atoms with Crippen molar-refractivity contribution >= 4 is 5.91 Å². The number of nitrogens with zero attached hydrogens (tertiary/aromatic N) is 2. The number of benzene rings is 1. The lowest BCUT2D eigenvalue weighted by Gasteiger charge is -2.13. The van der Waals surface area contributed by atoms with Gasteiger partial charge in [0.25, 0.3) is 5.91 Å². The number of aryl methyl sites for hydroxylation is 1. The number of amides is 1. The minimum absolute atomic E-state index is 0.0166. The van der Waals surface area contributed by atoms with E-state index in [0.717, 1.165) is 36.4 Å². The van der Waals surface area contributed by atoms with Crippen LogP contribution in [0.1, 0.15) is 22.3 Å². The summed E-state index contributed by atoms with van der Waals surface area (Å²) in [7, 11) is 2.13. The molecule has 1 aliphatic heterocycles. The third-order valence-electron chi connectivity index (χ3n) is 4.39. The molecule has 0 radical (unpaired) electrons. The second kappa shape index (κ2) is 6.36. The van der Waals surface area contributed by atoms with Gasteiger partial charge in [-0.1, -0.05) is 6.07 Å². The summed E-state index contributed by atoms with van der Waals surface area (Å²) in [4.78, 5) is 14.7. The fourth-order valence-electron chi connectivity index (χ4n) is 3.06. The lowest BCUT2D eigenvalue weighted by molar-refractivity contribution is 0.0947. The molecule has 1 N–H and O–H groups in total. The van der Waals surface area contributed by atoms with Gasteiger partial charge >= 0.3 is 0 Å². The molecule has 1 atom stereocenters. The Kier molecular flexibility index (Phi) is 4.29. The van der Waals surface area contributed by atoms with Crippen molar-refractivity contribution in [1.29, 1.82) is 0 Å². The number of nitrogens with one attached hydrogen (secondary N) is 1. The van der Waals surface area contributed by atoms with Crippen LogP contribution < -0.4 is 5.32 Å². The third kappa shape index (κ3) is 3.22. The van der Waals surface area contributed by atoms with Gasteiger partial charge in [-0.3, -0.25) is 4.79 Å². The summed E-state index contributed by atoms with van der Waals surface area (Å²) in [5.74, 6) is 0.589. The third-order valence-corrected chi connectivity index (χ3v) is 4.39. The average molecular weight is 297 g/mol. The van der Waals surface area contributed by atoms with Crippen molar-refractivity contribution in [3.8, 4) is 5.69 Å². The summed E-state index contributed by atoms with van der Waals surface area (Å²) < 4.78 is 2.04. The van der Waals surface area contributed by atoms with Crippen LogP contribution in [0.4, 0.5) is 0 Å².